The van der Waals surface area contributed by atoms with Gasteiger partial charge in [-0.25, -0.2) is 0 Å². The fourth-order valence-electron chi connectivity index (χ4n) is 1.01. The van der Waals surface area contributed by atoms with E-state index in [9.17, 15) is 4.79 Å². The minimum absolute atomic E-state index is 0. The lowest BCUT2D eigenvalue weighted by Gasteiger charge is -2.16. The number of hydrogen-bond acceptors (Lipinski definition) is 3. The molecular formula is C8H16Cl2N4O. The summed E-state index contributed by atoms with van der Waals surface area (Å²) in [6.45, 7) is 1.66. The number of likely N-dealkylation sites (N-methyl/N-ethyl adjacent to an activating group) is 1. The molecule has 0 radical (unpaired) electrons. The molecule has 0 fully saturated rings. The zero-order valence-corrected chi connectivity index (χ0v) is 10.5. The molecule has 2 N–H and O–H groups in total. The zero-order valence-electron chi connectivity index (χ0n) is 8.88. The van der Waals surface area contributed by atoms with E-state index in [1.807, 2.05) is 0 Å². The molecule has 1 amide bonds. The maximum atomic E-state index is 11.4. The summed E-state index contributed by atoms with van der Waals surface area (Å²) in [4.78, 5) is 12.9. The summed E-state index contributed by atoms with van der Waals surface area (Å²) in [5, 5.41) is 3.96. The predicted molar refractivity (Wildman–Crippen MR) is 64.8 cm³/mol. The van der Waals surface area contributed by atoms with Crippen LogP contribution in [0.5, 0.6) is 0 Å². The number of amides is 1. The molecule has 7 heteroatoms. The van der Waals surface area contributed by atoms with Crippen molar-refractivity contribution in [2.24, 2.45) is 12.8 Å². The molecule has 0 aliphatic carbocycles. The van der Waals surface area contributed by atoms with Gasteiger partial charge in [0.05, 0.1) is 17.9 Å². The molecule has 1 heterocycles. The van der Waals surface area contributed by atoms with Crippen LogP contribution in [-0.4, -0.2) is 28.8 Å². The normalized spacial score (nSPS) is 10.9. The van der Waals surface area contributed by atoms with E-state index in [1.54, 1.807) is 38.1 Å². The van der Waals surface area contributed by atoms with Crippen LogP contribution in [-0.2, 0) is 11.8 Å². The average Bonchev–Trinajstić information content (AvgIpc) is 2.49. The van der Waals surface area contributed by atoms with Crippen molar-refractivity contribution in [3.05, 3.63) is 12.4 Å². The van der Waals surface area contributed by atoms with Gasteiger partial charge in [-0.15, -0.1) is 24.8 Å². The Morgan fingerprint density at radius 1 is 1.60 bits per heavy atom. The maximum Gasteiger partial charge on any atom is 0.243 e. The molecule has 1 atom stereocenters. The van der Waals surface area contributed by atoms with Gasteiger partial charge in [-0.05, 0) is 6.92 Å². The lowest BCUT2D eigenvalue weighted by atomic mass is 10.3. The van der Waals surface area contributed by atoms with Gasteiger partial charge in [0.25, 0.3) is 0 Å². The highest BCUT2D eigenvalue weighted by molar-refractivity contribution is 5.95. The van der Waals surface area contributed by atoms with Crippen LogP contribution in [0.15, 0.2) is 12.4 Å². The second kappa shape index (κ2) is 6.66. The molecule has 0 saturated heterocycles. The van der Waals surface area contributed by atoms with E-state index in [0.717, 1.165) is 5.69 Å². The number of nitrogens with zero attached hydrogens (tertiary/aromatic N) is 3. The van der Waals surface area contributed by atoms with Gasteiger partial charge in [-0.2, -0.15) is 5.10 Å². The molecule has 1 rings (SSSR count). The van der Waals surface area contributed by atoms with E-state index >= 15 is 0 Å². The molecule has 0 aliphatic rings. The molecule has 88 valence electrons. The fraction of sp³-hybridized carbons (Fsp3) is 0.500. The molecule has 0 aromatic carbocycles. The van der Waals surface area contributed by atoms with Gasteiger partial charge < -0.3 is 10.6 Å². The van der Waals surface area contributed by atoms with E-state index in [4.69, 9.17) is 5.73 Å². The van der Waals surface area contributed by atoms with Crippen LogP contribution in [0, 0.1) is 0 Å². The number of halogens is 2. The van der Waals surface area contributed by atoms with Crippen LogP contribution in [0.4, 0.5) is 5.69 Å². The molecule has 0 saturated carbocycles. The third-order valence-electron chi connectivity index (χ3n) is 1.80. The van der Waals surface area contributed by atoms with Gasteiger partial charge in [0.15, 0.2) is 0 Å². The number of aromatic nitrogens is 2. The van der Waals surface area contributed by atoms with Gasteiger partial charge in [-0.3, -0.25) is 9.48 Å². The molecule has 15 heavy (non-hydrogen) atoms. The Balaban J connectivity index is 0. The molecule has 5 nitrogen and oxygen atoms in total. The van der Waals surface area contributed by atoms with Crippen LogP contribution < -0.4 is 10.6 Å². The van der Waals surface area contributed by atoms with E-state index in [0.29, 0.717) is 0 Å². The summed E-state index contributed by atoms with van der Waals surface area (Å²) in [7, 11) is 3.48. The van der Waals surface area contributed by atoms with Crippen LogP contribution in [0.3, 0.4) is 0 Å². The second-order valence-corrected chi connectivity index (χ2v) is 3.06. The van der Waals surface area contributed by atoms with Crippen molar-refractivity contribution in [3.8, 4) is 0 Å². The average molecular weight is 255 g/mol. The van der Waals surface area contributed by atoms with Crippen LogP contribution in [0.2, 0.25) is 0 Å². The van der Waals surface area contributed by atoms with Gasteiger partial charge in [0.2, 0.25) is 5.91 Å². The largest absolute Gasteiger partial charge is 0.320 e. The van der Waals surface area contributed by atoms with E-state index in [2.05, 4.69) is 5.10 Å². The smallest absolute Gasteiger partial charge is 0.243 e. The Morgan fingerprint density at radius 2 is 2.13 bits per heavy atom. The van der Waals surface area contributed by atoms with Crippen molar-refractivity contribution < 1.29 is 4.79 Å². The highest BCUT2D eigenvalue weighted by Gasteiger charge is 2.15. The SMILES string of the molecule is CC(N)C(=O)N(C)c1cnn(C)c1.Cl.Cl. The number of carbonyl (C=O) groups excluding carboxylic acids is 1. The standard InChI is InChI=1S/C8H14N4O.2ClH/c1-6(9)8(13)12(3)7-4-10-11(2)5-7;;/h4-6H,9H2,1-3H3;2*1H. The highest BCUT2D eigenvalue weighted by atomic mass is 35.5. The van der Waals surface area contributed by atoms with Crippen molar-refractivity contribution >= 4 is 36.4 Å². The van der Waals surface area contributed by atoms with Gasteiger partial charge in [-0.1, -0.05) is 0 Å². The number of anilines is 1. The number of nitrogens with two attached hydrogens (primary N) is 1. The monoisotopic (exact) mass is 254 g/mol. The Morgan fingerprint density at radius 3 is 2.47 bits per heavy atom. The molecule has 1 unspecified atom stereocenters. The summed E-state index contributed by atoms with van der Waals surface area (Å²) in [5.74, 6) is -0.118. The Kier molecular flexibility index (Phi) is 7.39. The molecule has 0 bridgehead atoms. The second-order valence-electron chi connectivity index (χ2n) is 3.06. The van der Waals surface area contributed by atoms with Crippen molar-refractivity contribution in [2.45, 2.75) is 13.0 Å². The molecule has 1 aromatic rings. The Hall–Kier alpha value is -0.780. The predicted octanol–water partition coefficient (Wildman–Crippen LogP) is 0.574. The van der Waals surface area contributed by atoms with Crippen LogP contribution >= 0.6 is 24.8 Å². The topological polar surface area (TPSA) is 64.2 Å². The summed E-state index contributed by atoms with van der Waals surface area (Å²) in [5.41, 5.74) is 6.22. The third-order valence-corrected chi connectivity index (χ3v) is 1.80. The Labute approximate surface area is 101 Å². The van der Waals surface area contributed by atoms with Gasteiger partial charge >= 0.3 is 0 Å². The van der Waals surface area contributed by atoms with Crippen molar-refractivity contribution in [2.75, 3.05) is 11.9 Å². The summed E-state index contributed by atoms with van der Waals surface area (Å²) in [6, 6.07) is -0.481. The molecule has 1 aromatic heterocycles. The number of aryl methyl sites for hydroxylation is 1. The molecule has 0 aliphatic heterocycles. The zero-order chi connectivity index (χ0) is 10.0. The summed E-state index contributed by atoms with van der Waals surface area (Å²) >= 11 is 0. The number of rotatable bonds is 2. The van der Waals surface area contributed by atoms with E-state index in [1.165, 1.54) is 4.90 Å². The van der Waals surface area contributed by atoms with Gasteiger partial charge in [0, 0.05) is 20.3 Å². The summed E-state index contributed by atoms with van der Waals surface area (Å²) in [6.07, 6.45) is 3.39. The minimum Gasteiger partial charge on any atom is -0.320 e. The maximum absolute atomic E-state index is 11.4. The first kappa shape index (κ1) is 16.6. The first-order chi connectivity index (χ1) is 6.02. The van der Waals surface area contributed by atoms with E-state index < -0.39 is 6.04 Å². The minimum atomic E-state index is -0.481. The summed E-state index contributed by atoms with van der Waals surface area (Å²) < 4.78 is 1.64. The van der Waals surface area contributed by atoms with Crippen LogP contribution in [0.25, 0.3) is 0 Å². The Bertz CT molecular complexity index is 313. The lowest BCUT2D eigenvalue weighted by molar-refractivity contribution is -0.119. The van der Waals surface area contributed by atoms with Crippen LogP contribution in [0.1, 0.15) is 6.92 Å². The third kappa shape index (κ3) is 4.07. The van der Waals surface area contributed by atoms with Gasteiger partial charge in [0.1, 0.15) is 0 Å². The highest BCUT2D eigenvalue weighted by Crippen LogP contribution is 2.10. The fourth-order valence-corrected chi connectivity index (χ4v) is 1.01. The van der Waals surface area contributed by atoms with Crippen molar-refractivity contribution in [1.29, 1.82) is 0 Å². The number of carbonyl (C=O) groups is 1. The van der Waals surface area contributed by atoms with Crippen molar-refractivity contribution in [3.63, 3.8) is 0 Å². The lowest BCUT2D eigenvalue weighted by Crippen LogP contribution is -2.39. The van der Waals surface area contributed by atoms with Crippen molar-refractivity contribution in [1.82, 2.24) is 9.78 Å². The molecular weight excluding hydrogens is 239 g/mol. The number of hydrogen-bond donors (Lipinski definition) is 1. The first-order valence-electron chi connectivity index (χ1n) is 4.04. The van der Waals surface area contributed by atoms with E-state index in [-0.39, 0.29) is 30.7 Å². The molecule has 0 spiro atoms. The quantitative estimate of drug-likeness (QED) is 0.840. The first-order valence-corrected chi connectivity index (χ1v) is 4.04.